The summed E-state index contributed by atoms with van der Waals surface area (Å²) in [6.45, 7) is 0. The summed E-state index contributed by atoms with van der Waals surface area (Å²) in [6.07, 6.45) is 9.04. The molecule has 2 saturated carbocycles. The van der Waals surface area contributed by atoms with E-state index in [9.17, 15) is 0 Å². The van der Waals surface area contributed by atoms with Crippen molar-refractivity contribution < 1.29 is 0 Å². The maximum Gasteiger partial charge on any atom is 0.00739 e. The zero-order chi connectivity index (χ0) is 7.42. The molecule has 11 heavy (non-hydrogen) atoms. The van der Waals surface area contributed by atoms with Crippen molar-refractivity contribution in [2.24, 2.45) is 29.4 Å². The standard InChI is InChI=1S/C10H15N/c11-10-5-9(10)8-4-6-1-2-7(8)3-6/h1-2,6-10H,3-5,11H2/t6?,7?,8?,9-,10+/m0/s1. The Labute approximate surface area is 67.7 Å². The van der Waals surface area contributed by atoms with E-state index >= 15 is 0 Å². The average Bonchev–Trinajstić information content (AvgIpc) is 2.52. The van der Waals surface area contributed by atoms with Crippen molar-refractivity contribution in [2.45, 2.75) is 25.3 Å². The first-order chi connectivity index (χ1) is 5.34. The van der Waals surface area contributed by atoms with Crippen LogP contribution in [-0.4, -0.2) is 6.04 Å². The molecule has 0 aromatic rings. The van der Waals surface area contributed by atoms with Crippen molar-refractivity contribution in [2.75, 3.05) is 0 Å². The Bertz CT molecular complexity index is 209. The maximum absolute atomic E-state index is 5.85. The molecule has 3 aliphatic carbocycles. The Hall–Kier alpha value is -0.300. The molecule has 5 atom stereocenters. The molecule has 1 heteroatoms. The van der Waals surface area contributed by atoms with Crippen LogP contribution in [0.25, 0.3) is 0 Å². The van der Waals surface area contributed by atoms with E-state index in [2.05, 4.69) is 12.2 Å². The first kappa shape index (κ1) is 6.24. The summed E-state index contributed by atoms with van der Waals surface area (Å²) in [6, 6.07) is 0.563. The fourth-order valence-electron chi connectivity index (χ4n) is 3.04. The monoisotopic (exact) mass is 149 g/mol. The molecule has 0 aromatic carbocycles. The third-order valence-corrected chi connectivity index (χ3v) is 3.77. The van der Waals surface area contributed by atoms with Gasteiger partial charge in [-0.1, -0.05) is 12.2 Å². The van der Waals surface area contributed by atoms with Gasteiger partial charge in [-0.25, -0.2) is 0 Å². The molecule has 0 aromatic heterocycles. The second kappa shape index (κ2) is 1.89. The van der Waals surface area contributed by atoms with Crippen molar-refractivity contribution in [3.05, 3.63) is 12.2 Å². The number of hydrogen-bond acceptors (Lipinski definition) is 1. The van der Waals surface area contributed by atoms with E-state index in [1.807, 2.05) is 0 Å². The smallest absolute Gasteiger partial charge is 0.00739 e. The predicted octanol–water partition coefficient (Wildman–Crippen LogP) is 1.55. The van der Waals surface area contributed by atoms with Gasteiger partial charge in [0.15, 0.2) is 0 Å². The number of allylic oxidation sites excluding steroid dienone is 2. The van der Waals surface area contributed by atoms with Gasteiger partial charge in [-0.3, -0.25) is 0 Å². The molecule has 0 aliphatic heterocycles. The molecular weight excluding hydrogens is 134 g/mol. The Morgan fingerprint density at radius 2 is 1.82 bits per heavy atom. The van der Waals surface area contributed by atoms with Crippen molar-refractivity contribution in [3.8, 4) is 0 Å². The highest BCUT2D eigenvalue weighted by Gasteiger charge is 2.48. The van der Waals surface area contributed by atoms with E-state index in [0.29, 0.717) is 6.04 Å². The van der Waals surface area contributed by atoms with E-state index in [-0.39, 0.29) is 0 Å². The molecule has 3 rings (SSSR count). The first-order valence-corrected chi connectivity index (χ1v) is 4.78. The molecule has 2 N–H and O–H groups in total. The van der Waals surface area contributed by atoms with Crippen LogP contribution in [0.2, 0.25) is 0 Å². The summed E-state index contributed by atoms with van der Waals surface area (Å²) in [4.78, 5) is 0. The van der Waals surface area contributed by atoms with Crippen molar-refractivity contribution in [1.29, 1.82) is 0 Å². The zero-order valence-electron chi connectivity index (χ0n) is 6.74. The van der Waals surface area contributed by atoms with Gasteiger partial charge < -0.3 is 5.73 Å². The summed E-state index contributed by atoms with van der Waals surface area (Å²) >= 11 is 0. The van der Waals surface area contributed by atoms with Crippen LogP contribution in [0.5, 0.6) is 0 Å². The van der Waals surface area contributed by atoms with Gasteiger partial charge in [-0.2, -0.15) is 0 Å². The normalized spacial score (nSPS) is 58.8. The minimum atomic E-state index is 0.563. The van der Waals surface area contributed by atoms with Crippen molar-refractivity contribution in [1.82, 2.24) is 0 Å². The third kappa shape index (κ3) is 0.807. The number of rotatable bonds is 1. The second-order valence-electron chi connectivity index (χ2n) is 4.51. The largest absolute Gasteiger partial charge is 0.327 e. The molecule has 0 spiro atoms. The van der Waals surface area contributed by atoms with Crippen LogP contribution < -0.4 is 5.73 Å². The summed E-state index contributed by atoms with van der Waals surface area (Å²) < 4.78 is 0. The van der Waals surface area contributed by atoms with Crippen LogP contribution in [0.3, 0.4) is 0 Å². The van der Waals surface area contributed by atoms with Crippen LogP contribution >= 0.6 is 0 Å². The SMILES string of the molecule is N[C@@H]1C[C@H]1C1CC2C=CC1C2. The Kier molecular flexibility index (Phi) is 1.07. The quantitative estimate of drug-likeness (QED) is 0.562. The lowest BCUT2D eigenvalue weighted by Crippen LogP contribution is -2.14. The van der Waals surface area contributed by atoms with Crippen molar-refractivity contribution in [3.63, 3.8) is 0 Å². The molecular formula is C10H15N. The Morgan fingerprint density at radius 3 is 2.27 bits per heavy atom. The lowest BCUT2D eigenvalue weighted by Gasteiger charge is -2.16. The van der Waals surface area contributed by atoms with Gasteiger partial charge in [0.25, 0.3) is 0 Å². The Morgan fingerprint density at radius 1 is 1.00 bits per heavy atom. The predicted molar refractivity (Wildman–Crippen MR) is 44.9 cm³/mol. The van der Waals surface area contributed by atoms with Gasteiger partial charge in [0.05, 0.1) is 0 Å². The van der Waals surface area contributed by atoms with Gasteiger partial charge in [-0.15, -0.1) is 0 Å². The van der Waals surface area contributed by atoms with Crippen LogP contribution in [0.4, 0.5) is 0 Å². The molecule has 3 unspecified atom stereocenters. The number of fused-ring (bicyclic) bond motifs is 2. The minimum absolute atomic E-state index is 0.563. The van der Waals surface area contributed by atoms with E-state index in [4.69, 9.17) is 5.73 Å². The molecule has 0 saturated heterocycles. The molecule has 60 valence electrons. The van der Waals surface area contributed by atoms with E-state index in [1.165, 1.54) is 19.3 Å². The maximum atomic E-state index is 5.85. The van der Waals surface area contributed by atoms with Gasteiger partial charge in [0, 0.05) is 6.04 Å². The molecule has 2 fully saturated rings. The topological polar surface area (TPSA) is 26.0 Å². The molecule has 0 radical (unpaired) electrons. The van der Waals surface area contributed by atoms with Crippen LogP contribution in [0, 0.1) is 23.7 Å². The molecule has 1 nitrogen and oxygen atoms in total. The lowest BCUT2D eigenvalue weighted by atomic mass is 9.89. The number of nitrogens with two attached hydrogens (primary N) is 1. The molecule has 2 bridgehead atoms. The van der Waals surface area contributed by atoms with Gasteiger partial charge in [0.2, 0.25) is 0 Å². The average molecular weight is 149 g/mol. The number of hydrogen-bond donors (Lipinski definition) is 1. The van der Waals surface area contributed by atoms with E-state index < -0.39 is 0 Å². The summed E-state index contributed by atoms with van der Waals surface area (Å²) in [5.74, 6) is 3.71. The summed E-state index contributed by atoms with van der Waals surface area (Å²) in [7, 11) is 0. The molecule has 0 amide bonds. The van der Waals surface area contributed by atoms with E-state index in [0.717, 1.165) is 23.7 Å². The minimum Gasteiger partial charge on any atom is -0.327 e. The zero-order valence-corrected chi connectivity index (χ0v) is 6.74. The summed E-state index contributed by atoms with van der Waals surface area (Å²) in [5.41, 5.74) is 5.85. The van der Waals surface area contributed by atoms with Crippen LogP contribution in [-0.2, 0) is 0 Å². The first-order valence-electron chi connectivity index (χ1n) is 4.78. The lowest BCUT2D eigenvalue weighted by molar-refractivity contribution is 0.387. The fourth-order valence-corrected chi connectivity index (χ4v) is 3.04. The van der Waals surface area contributed by atoms with E-state index in [1.54, 1.807) is 0 Å². The molecule has 3 aliphatic rings. The fraction of sp³-hybridized carbons (Fsp3) is 0.800. The highest BCUT2D eigenvalue weighted by Crippen LogP contribution is 2.52. The van der Waals surface area contributed by atoms with Crippen molar-refractivity contribution >= 4 is 0 Å². The summed E-state index contributed by atoms with van der Waals surface area (Å²) in [5, 5.41) is 0. The highest BCUT2D eigenvalue weighted by atomic mass is 14.8. The molecule has 0 heterocycles. The second-order valence-corrected chi connectivity index (χ2v) is 4.51. The van der Waals surface area contributed by atoms with Crippen LogP contribution in [0.1, 0.15) is 19.3 Å². The van der Waals surface area contributed by atoms with Gasteiger partial charge >= 0.3 is 0 Å². The highest BCUT2D eigenvalue weighted by molar-refractivity contribution is 5.14. The van der Waals surface area contributed by atoms with Crippen LogP contribution in [0.15, 0.2) is 12.2 Å². The Balaban J connectivity index is 1.77. The van der Waals surface area contributed by atoms with Gasteiger partial charge in [-0.05, 0) is 42.9 Å². The third-order valence-electron chi connectivity index (χ3n) is 3.77. The van der Waals surface area contributed by atoms with Gasteiger partial charge in [0.1, 0.15) is 0 Å².